The number of amides is 3. The topological polar surface area (TPSA) is 169 Å². The van der Waals surface area contributed by atoms with Gasteiger partial charge in [0, 0.05) is 0 Å². The molecule has 0 aromatic carbocycles. The average Bonchev–Trinajstić information content (AvgIpc) is 2.81. The molecule has 1 aliphatic rings. The average molecular weight is 368 g/mol. The number of carbonyl (C=O) groups excluding carboxylic acids is 2. The van der Waals surface area contributed by atoms with Crippen molar-refractivity contribution in [3.63, 3.8) is 0 Å². The lowest BCUT2D eigenvalue weighted by Gasteiger charge is -2.20. The second-order valence-corrected chi connectivity index (χ2v) is 4.97. The Morgan fingerprint density at radius 3 is 2.08 bits per heavy atom. The first kappa shape index (κ1) is 21.7. The Morgan fingerprint density at radius 2 is 1.56 bits per heavy atom. The summed E-state index contributed by atoms with van der Waals surface area (Å²) in [6.07, 6.45) is -5.42. The van der Waals surface area contributed by atoms with Crippen LogP contribution in [0.2, 0.25) is 0 Å². The number of urea groups is 1. The van der Waals surface area contributed by atoms with Crippen molar-refractivity contribution in [1.82, 2.24) is 9.80 Å². The van der Waals surface area contributed by atoms with Crippen molar-refractivity contribution in [2.24, 2.45) is 0 Å². The minimum atomic E-state index is -1.90. The molecule has 12 heteroatoms. The van der Waals surface area contributed by atoms with Crippen LogP contribution in [0.1, 0.15) is 0 Å². The zero-order valence-corrected chi connectivity index (χ0v) is 13.6. The molecule has 3 amide bonds. The lowest BCUT2D eigenvalue weighted by atomic mass is 10.3. The molecule has 3 atom stereocenters. The van der Waals surface area contributed by atoms with Gasteiger partial charge in [-0.1, -0.05) is 0 Å². The van der Waals surface area contributed by atoms with Crippen molar-refractivity contribution in [3.05, 3.63) is 0 Å². The smallest absolute Gasteiger partial charge is 0.333 e. The van der Waals surface area contributed by atoms with E-state index < -0.39 is 43.8 Å². The molecule has 5 N–H and O–H groups in total. The fraction of sp³-hybridized carbons (Fsp3) is 0.846. The summed E-state index contributed by atoms with van der Waals surface area (Å²) < 4.78 is 15.1. The molecule has 1 rings (SSSR count). The SMILES string of the molecule is O=C(C(O)COCCOCCOCCO)N1C(=O)N(CO)C(O)C1O. The Hall–Kier alpha value is -1.38. The van der Waals surface area contributed by atoms with Crippen molar-refractivity contribution in [3.8, 4) is 0 Å². The maximum atomic E-state index is 12.0. The number of hydrogen-bond donors (Lipinski definition) is 5. The number of nitrogens with zero attached hydrogens (tertiary/aromatic N) is 2. The van der Waals surface area contributed by atoms with Crippen molar-refractivity contribution in [1.29, 1.82) is 0 Å². The van der Waals surface area contributed by atoms with Gasteiger partial charge in [0.25, 0.3) is 5.91 Å². The number of aliphatic hydroxyl groups excluding tert-OH is 5. The van der Waals surface area contributed by atoms with Crippen LogP contribution in [-0.4, -0.2) is 119 Å². The van der Waals surface area contributed by atoms with Crippen LogP contribution in [-0.2, 0) is 19.0 Å². The Kier molecular flexibility index (Phi) is 9.77. The van der Waals surface area contributed by atoms with Crippen molar-refractivity contribution in [2.45, 2.75) is 18.6 Å². The van der Waals surface area contributed by atoms with Gasteiger partial charge in [0.2, 0.25) is 0 Å². The molecule has 0 radical (unpaired) electrons. The third-order valence-corrected chi connectivity index (χ3v) is 3.23. The minimum absolute atomic E-state index is 0.0617. The van der Waals surface area contributed by atoms with E-state index in [4.69, 9.17) is 24.4 Å². The zero-order chi connectivity index (χ0) is 18.8. The van der Waals surface area contributed by atoms with E-state index in [1.165, 1.54) is 0 Å². The Balaban J connectivity index is 2.25. The first-order chi connectivity index (χ1) is 12.0. The molecule has 1 saturated heterocycles. The molecule has 1 heterocycles. The largest absolute Gasteiger partial charge is 0.394 e. The van der Waals surface area contributed by atoms with Crippen molar-refractivity contribution in [2.75, 3.05) is 53.0 Å². The first-order valence-corrected chi connectivity index (χ1v) is 7.58. The van der Waals surface area contributed by atoms with E-state index in [0.29, 0.717) is 11.5 Å². The standard InChI is InChI=1S/C13H24N2O10/c16-1-2-23-3-4-24-5-6-25-7-9(18)10(19)15-12(21)11(20)14(8-17)13(15)22/h9,11-12,16-18,20-21H,1-8H2. The van der Waals surface area contributed by atoms with Gasteiger partial charge in [-0.2, -0.15) is 0 Å². The van der Waals surface area contributed by atoms with Gasteiger partial charge in [0.15, 0.2) is 18.6 Å². The maximum Gasteiger partial charge on any atom is 0.333 e. The molecular weight excluding hydrogens is 344 g/mol. The molecule has 0 saturated carbocycles. The normalized spacial score (nSPS) is 21.9. The van der Waals surface area contributed by atoms with Crippen LogP contribution in [0.15, 0.2) is 0 Å². The molecule has 1 aliphatic heterocycles. The van der Waals surface area contributed by atoms with Crippen LogP contribution in [0.5, 0.6) is 0 Å². The highest BCUT2D eigenvalue weighted by atomic mass is 16.5. The Morgan fingerprint density at radius 1 is 1.00 bits per heavy atom. The molecule has 146 valence electrons. The molecule has 25 heavy (non-hydrogen) atoms. The highest BCUT2D eigenvalue weighted by Gasteiger charge is 2.48. The van der Waals surface area contributed by atoms with Crippen LogP contribution in [0.4, 0.5) is 4.79 Å². The van der Waals surface area contributed by atoms with Gasteiger partial charge in [-0.25, -0.2) is 9.69 Å². The van der Waals surface area contributed by atoms with Crippen LogP contribution in [0.3, 0.4) is 0 Å². The van der Waals surface area contributed by atoms with Crippen LogP contribution in [0.25, 0.3) is 0 Å². The minimum Gasteiger partial charge on any atom is -0.394 e. The maximum absolute atomic E-state index is 12.0. The summed E-state index contributed by atoms with van der Waals surface area (Å²) in [4.78, 5) is 24.5. The van der Waals surface area contributed by atoms with Gasteiger partial charge in [-0.15, -0.1) is 0 Å². The van der Waals surface area contributed by atoms with E-state index in [1.54, 1.807) is 0 Å². The number of carbonyl (C=O) groups is 2. The second-order valence-electron chi connectivity index (χ2n) is 4.97. The molecule has 12 nitrogen and oxygen atoms in total. The molecule has 0 aromatic heterocycles. The third-order valence-electron chi connectivity index (χ3n) is 3.23. The fourth-order valence-electron chi connectivity index (χ4n) is 1.96. The second kappa shape index (κ2) is 11.3. The predicted octanol–water partition coefficient (Wildman–Crippen LogP) is -3.76. The van der Waals surface area contributed by atoms with Gasteiger partial charge in [0.1, 0.15) is 6.73 Å². The molecular formula is C13H24N2O10. The Labute approximate surface area is 143 Å². The lowest BCUT2D eigenvalue weighted by Crippen LogP contribution is -2.47. The zero-order valence-electron chi connectivity index (χ0n) is 13.6. The van der Waals surface area contributed by atoms with E-state index >= 15 is 0 Å². The van der Waals surface area contributed by atoms with Crippen molar-refractivity contribution >= 4 is 11.9 Å². The summed E-state index contributed by atoms with van der Waals surface area (Å²) in [5, 5.41) is 46.3. The quantitative estimate of drug-likeness (QED) is 0.216. The van der Waals surface area contributed by atoms with Crippen LogP contribution < -0.4 is 0 Å². The number of aliphatic hydroxyl groups is 5. The monoisotopic (exact) mass is 368 g/mol. The summed E-state index contributed by atoms with van der Waals surface area (Å²) in [5.41, 5.74) is 0. The first-order valence-electron chi connectivity index (χ1n) is 7.58. The Bertz CT molecular complexity index is 424. The third kappa shape index (κ3) is 6.13. The van der Waals surface area contributed by atoms with Crippen molar-refractivity contribution < 1.29 is 49.3 Å². The molecule has 0 bridgehead atoms. The summed E-state index contributed by atoms with van der Waals surface area (Å²) in [6.45, 7) is -0.373. The van der Waals surface area contributed by atoms with Gasteiger partial charge in [0.05, 0.1) is 46.2 Å². The van der Waals surface area contributed by atoms with Gasteiger partial charge in [-0.05, 0) is 0 Å². The van der Waals surface area contributed by atoms with Crippen LogP contribution in [0, 0.1) is 0 Å². The lowest BCUT2D eigenvalue weighted by molar-refractivity contribution is -0.151. The highest BCUT2D eigenvalue weighted by molar-refractivity contribution is 5.98. The highest BCUT2D eigenvalue weighted by Crippen LogP contribution is 2.20. The van der Waals surface area contributed by atoms with Crippen LogP contribution >= 0.6 is 0 Å². The molecule has 0 aromatic rings. The summed E-state index contributed by atoms with van der Waals surface area (Å²) >= 11 is 0. The van der Waals surface area contributed by atoms with E-state index in [1.807, 2.05) is 0 Å². The van der Waals surface area contributed by atoms with Gasteiger partial charge in [-0.3, -0.25) is 9.69 Å². The summed E-state index contributed by atoms with van der Waals surface area (Å²) in [5.74, 6) is -1.16. The molecule has 0 spiro atoms. The predicted molar refractivity (Wildman–Crippen MR) is 78.7 cm³/mol. The number of rotatable bonds is 12. The van der Waals surface area contributed by atoms with E-state index in [0.717, 1.165) is 0 Å². The van der Waals surface area contributed by atoms with Gasteiger partial charge >= 0.3 is 6.03 Å². The molecule has 1 fully saturated rings. The fourth-order valence-corrected chi connectivity index (χ4v) is 1.96. The molecule has 0 aliphatic carbocycles. The number of imide groups is 1. The van der Waals surface area contributed by atoms with Gasteiger partial charge < -0.3 is 39.7 Å². The van der Waals surface area contributed by atoms with E-state index in [2.05, 4.69) is 0 Å². The molecule has 3 unspecified atom stereocenters. The number of hydrogen-bond acceptors (Lipinski definition) is 10. The van der Waals surface area contributed by atoms with E-state index in [-0.39, 0.29) is 37.9 Å². The summed E-state index contributed by atoms with van der Waals surface area (Å²) in [6, 6.07) is -1.13. The summed E-state index contributed by atoms with van der Waals surface area (Å²) in [7, 11) is 0. The van der Waals surface area contributed by atoms with E-state index in [9.17, 15) is 24.9 Å². The number of ether oxygens (including phenoxy) is 3.